The van der Waals surface area contributed by atoms with Gasteiger partial charge in [0.05, 0.1) is 0 Å². The van der Waals surface area contributed by atoms with Gasteiger partial charge in [-0.15, -0.1) is 0 Å². The Kier molecular flexibility index (Phi) is 7.70. The van der Waals surface area contributed by atoms with Crippen LogP contribution >= 0.6 is 0 Å². The van der Waals surface area contributed by atoms with Crippen LogP contribution in [0.3, 0.4) is 0 Å². The third-order valence-corrected chi connectivity index (χ3v) is 5.82. The minimum Gasteiger partial charge on any atom is -0.0996 e. The molecule has 0 atom stereocenters. The highest BCUT2D eigenvalue weighted by Crippen LogP contribution is 2.32. The lowest BCUT2D eigenvalue weighted by Gasteiger charge is -2.26. The molecule has 2 aliphatic rings. The Morgan fingerprint density at radius 2 is 1.29 bits per heavy atom. The summed E-state index contributed by atoms with van der Waals surface area (Å²) in [5.41, 5.74) is 0. The molecule has 0 aromatic carbocycles. The second kappa shape index (κ2) is 9.55. The molecule has 0 unspecified atom stereocenters. The van der Waals surface area contributed by atoms with E-state index in [0.29, 0.717) is 0 Å². The molecule has 2 aliphatic carbocycles. The Morgan fingerprint density at radius 1 is 0.714 bits per heavy atom. The highest BCUT2D eigenvalue weighted by molar-refractivity contribution is 5.08. The second-order valence-corrected chi connectivity index (χ2v) is 7.81. The van der Waals surface area contributed by atoms with Gasteiger partial charge in [-0.05, 0) is 63.2 Å². The molecule has 0 N–H and O–H groups in total. The largest absolute Gasteiger partial charge is 0.0996 e. The lowest BCUT2D eigenvalue weighted by atomic mass is 9.79. The van der Waals surface area contributed by atoms with E-state index in [1.165, 1.54) is 83.5 Å². The first-order valence-corrected chi connectivity index (χ1v) is 9.79. The Balaban J connectivity index is 1.61. The summed E-state index contributed by atoms with van der Waals surface area (Å²) in [6.45, 7) is 4.70. The molecule has 0 heteroatoms. The van der Waals surface area contributed by atoms with Gasteiger partial charge in [-0.1, -0.05) is 57.8 Å². The molecule has 0 saturated heterocycles. The fourth-order valence-corrected chi connectivity index (χ4v) is 4.10. The van der Waals surface area contributed by atoms with Gasteiger partial charge in [-0.25, -0.2) is 0 Å². The molecule has 2 fully saturated rings. The van der Waals surface area contributed by atoms with Crippen LogP contribution in [0.25, 0.3) is 0 Å². The minimum absolute atomic E-state index is 0.730. The van der Waals surface area contributed by atoms with Gasteiger partial charge < -0.3 is 0 Å². The fourth-order valence-electron chi connectivity index (χ4n) is 4.10. The van der Waals surface area contributed by atoms with E-state index in [0.717, 1.165) is 23.7 Å². The van der Waals surface area contributed by atoms with Crippen LogP contribution in [0.15, 0.2) is 0 Å². The first-order valence-electron chi connectivity index (χ1n) is 9.79. The molecule has 0 aliphatic heterocycles. The van der Waals surface area contributed by atoms with Gasteiger partial charge >= 0.3 is 0 Å². The van der Waals surface area contributed by atoms with Gasteiger partial charge in [-0.3, -0.25) is 0 Å². The average molecular weight is 289 g/mol. The molecule has 0 aromatic rings. The summed E-state index contributed by atoms with van der Waals surface area (Å²) in [4.78, 5) is 0. The van der Waals surface area contributed by atoms with E-state index in [9.17, 15) is 0 Å². The van der Waals surface area contributed by atoms with Crippen molar-refractivity contribution in [2.45, 2.75) is 97.3 Å². The van der Waals surface area contributed by atoms with Crippen molar-refractivity contribution < 1.29 is 0 Å². The molecular weight excluding hydrogens is 252 g/mol. The van der Waals surface area contributed by atoms with Crippen molar-refractivity contribution in [1.29, 1.82) is 0 Å². The maximum atomic E-state index is 3.65. The Bertz CT molecular complexity index is 316. The topological polar surface area (TPSA) is 0 Å². The van der Waals surface area contributed by atoms with Gasteiger partial charge in [0.25, 0.3) is 0 Å². The summed E-state index contributed by atoms with van der Waals surface area (Å²) in [6, 6.07) is 0. The van der Waals surface area contributed by atoms with Gasteiger partial charge in [0.2, 0.25) is 0 Å². The Hall–Kier alpha value is -0.440. The number of rotatable bonds is 5. The highest BCUT2D eigenvalue weighted by atomic mass is 14.2. The van der Waals surface area contributed by atoms with Crippen molar-refractivity contribution in [2.24, 2.45) is 23.7 Å². The predicted octanol–water partition coefficient (Wildman–Crippen LogP) is 6.59. The van der Waals surface area contributed by atoms with Crippen LogP contribution in [0.1, 0.15) is 97.3 Å². The molecule has 2 saturated carbocycles. The Morgan fingerprint density at radius 3 is 1.86 bits per heavy atom. The SMILES string of the molecule is CCCCCCC1CCC(C#CC2CCC(C)CC2)CC1. The Labute approximate surface area is 133 Å². The zero-order chi connectivity index (χ0) is 14.9. The molecule has 0 amide bonds. The number of hydrogen-bond donors (Lipinski definition) is 0. The van der Waals surface area contributed by atoms with E-state index >= 15 is 0 Å². The molecule has 120 valence electrons. The van der Waals surface area contributed by atoms with E-state index in [-0.39, 0.29) is 0 Å². The van der Waals surface area contributed by atoms with E-state index in [4.69, 9.17) is 0 Å². The molecule has 0 bridgehead atoms. The number of hydrogen-bond acceptors (Lipinski definition) is 0. The lowest BCUT2D eigenvalue weighted by molar-refractivity contribution is 0.293. The van der Waals surface area contributed by atoms with Crippen LogP contribution in [0, 0.1) is 35.5 Å². The number of unbranched alkanes of at least 4 members (excludes halogenated alkanes) is 3. The monoisotopic (exact) mass is 288 g/mol. The van der Waals surface area contributed by atoms with Crippen LogP contribution in [0.4, 0.5) is 0 Å². The fraction of sp³-hybridized carbons (Fsp3) is 0.905. The van der Waals surface area contributed by atoms with E-state index in [1.807, 2.05) is 0 Å². The summed E-state index contributed by atoms with van der Waals surface area (Å²) >= 11 is 0. The van der Waals surface area contributed by atoms with E-state index in [1.54, 1.807) is 0 Å². The summed E-state index contributed by atoms with van der Waals surface area (Å²) in [7, 11) is 0. The molecule has 0 nitrogen and oxygen atoms in total. The maximum Gasteiger partial charge on any atom is 0.0203 e. The maximum absolute atomic E-state index is 3.65. The van der Waals surface area contributed by atoms with Gasteiger partial charge in [-0.2, -0.15) is 0 Å². The van der Waals surface area contributed by atoms with E-state index < -0.39 is 0 Å². The second-order valence-electron chi connectivity index (χ2n) is 7.81. The van der Waals surface area contributed by atoms with Crippen LogP contribution < -0.4 is 0 Å². The summed E-state index contributed by atoms with van der Waals surface area (Å²) in [6.07, 6.45) is 18.4. The van der Waals surface area contributed by atoms with Crippen molar-refractivity contribution in [3.63, 3.8) is 0 Å². The first-order chi connectivity index (χ1) is 10.3. The van der Waals surface area contributed by atoms with Gasteiger partial charge in [0, 0.05) is 11.8 Å². The average Bonchev–Trinajstić information content (AvgIpc) is 2.52. The quantitative estimate of drug-likeness (QED) is 0.395. The smallest absolute Gasteiger partial charge is 0.0203 e. The lowest BCUT2D eigenvalue weighted by Crippen LogP contribution is -2.14. The van der Waals surface area contributed by atoms with Crippen molar-refractivity contribution in [1.82, 2.24) is 0 Å². The third kappa shape index (κ3) is 6.46. The summed E-state index contributed by atoms with van der Waals surface area (Å²) in [5, 5.41) is 0. The summed E-state index contributed by atoms with van der Waals surface area (Å²) < 4.78 is 0. The predicted molar refractivity (Wildman–Crippen MR) is 93.1 cm³/mol. The molecule has 2 rings (SSSR count). The molecule has 0 spiro atoms. The van der Waals surface area contributed by atoms with Gasteiger partial charge in [0.1, 0.15) is 0 Å². The molecule has 21 heavy (non-hydrogen) atoms. The zero-order valence-electron chi connectivity index (χ0n) is 14.5. The molecule has 0 radical (unpaired) electrons. The van der Waals surface area contributed by atoms with Crippen molar-refractivity contribution >= 4 is 0 Å². The van der Waals surface area contributed by atoms with Crippen molar-refractivity contribution in [3.05, 3.63) is 0 Å². The van der Waals surface area contributed by atoms with Crippen LogP contribution in [-0.4, -0.2) is 0 Å². The first kappa shape index (κ1) is 16.9. The summed E-state index contributed by atoms with van der Waals surface area (Å²) in [5.74, 6) is 10.7. The standard InChI is InChI=1S/C21H36/c1-3-4-5-6-7-19-12-14-21(15-13-19)17-16-20-10-8-18(2)9-11-20/h18-21H,3-15H2,1-2H3. The highest BCUT2D eigenvalue weighted by Gasteiger charge is 2.20. The van der Waals surface area contributed by atoms with Crippen molar-refractivity contribution in [2.75, 3.05) is 0 Å². The molecular formula is C21H36. The van der Waals surface area contributed by atoms with Crippen LogP contribution in [0.2, 0.25) is 0 Å². The zero-order valence-corrected chi connectivity index (χ0v) is 14.5. The normalized spacial score (nSPS) is 33.2. The molecule has 0 aromatic heterocycles. The van der Waals surface area contributed by atoms with Gasteiger partial charge in [0.15, 0.2) is 0 Å². The van der Waals surface area contributed by atoms with Crippen LogP contribution in [-0.2, 0) is 0 Å². The van der Waals surface area contributed by atoms with Crippen LogP contribution in [0.5, 0.6) is 0 Å². The third-order valence-electron chi connectivity index (χ3n) is 5.82. The molecule has 0 heterocycles. The van der Waals surface area contributed by atoms with E-state index in [2.05, 4.69) is 25.7 Å². The minimum atomic E-state index is 0.730. The van der Waals surface area contributed by atoms with Crippen molar-refractivity contribution in [3.8, 4) is 11.8 Å².